The highest BCUT2D eigenvalue weighted by atomic mass is 16.5. The van der Waals surface area contributed by atoms with Crippen molar-refractivity contribution in [2.24, 2.45) is 0 Å². The Morgan fingerprint density at radius 1 is 1.00 bits per heavy atom. The van der Waals surface area contributed by atoms with E-state index in [4.69, 9.17) is 24.1 Å². The second-order valence-electron chi connectivity index (χ2n) is 3.73. The van der Waals surface area contributed by atoms with Crippen LogP contribution in [0.4, 0.5) is 0 Å². The van der Waals surface area contributed by atoms with Crippen molar-refractivity contribution in [1.29, 1.82) is 0 Å². The average Bonchev–Trinajstić information content (AvgIpc) is 2.48. The summed E-state index contributed by atoms with van der Waals surface area (Å²) in [6, 6.07) is 1.26. The van der Waals surface area contributed by atoms with Crippen molar-refractivity contribution in [2.75, 3.05) is 28.4 Å². The Bertz CT molecular complexity index is 576. The van der Waals surface area contributed by atoms with E-state index in [-0.39, 0.29) is 34.3 Å². The van der Waals surface area contributed by atoms with Gasteiger partial charge in [0.1, 0.15) is 0 Å². The van der Waals surface area contributed by atoms with Gasteiger partial charge >= 0.3 is 5.97 Å². The van der Waals surface area contributed by atoms with Gasteiger partial charge in [-0.15, -0.1) is 0 Å². The lowest BCUT2D eigenvalue weighted by molar-refractivity contribution is -0.135. The lowest BCUT2D eigenvalue weighted by Gasteiger charge is -2.17. The number of aliphatic hydroxyl groups is 1. The smallest absolute Gasteiger partial charge is 0.374 e. The van der Waals surface area contributed by atoms with Crippen LogP contribution < -0.4 is 14.2 Å². The molecule has 0 aliphatic rings. The van der Waals surface area contributed by atoms with Crippen LogP contribution in [0.5, 0.6) is 23.0 Å². The predicted molar refractivity (Wildman–Crippen MR) is 72.0 cm³/mol. The maximum Gasteiger partial charge on any atom is 0.374 e. The number of carboxylic acids is 1. The summed E-state index contributed by atoms with van der Waals surface area (Å²) in [6.07, 6.45) is 0. The molecule has 116 valence electrons. The molecule has 0 atom stereocenters. The zero-order valence-electron chi connectivity index (χ0n) is 12.0. The molecule has 0 unspecified atom stereocenters. The highest BCUT2D eigenvalue weighted by molar-refractivity contribution is 5.93. The molecule has 0 aliphatic carbocycles. The molecule has 8 heteroatoms. The van der Waals surface area contributed by atoms with Gasteiger partial charge in [0.15, 0.2) is 17.3 Å². The van der Waals surface area contributed by atoms with Crippen LogP contribution in [0.1, 0.15) is 5.56 Å². The fourth-order valence-electron chi connectivity index (χ4n) is 1.75. The molecule has 0 spiro atoms. The van der Waals surface area contributed by atoms with Crippen molar-refractivity contribution >= 4 is 11.7 Å². The van der Waals surface area contributed by atoms with Gasteiger partial charge in [-0.3, -0.25) is 0 Å². The number of rotatable bonds is 6. The summed E-state index contributed by atoms with van der Waals surface area (Å²) in [5.74, 6) is -3.40. The third kappa shape index (κ3) is 2.88. The van der Waals surface area contributed by atoms with Crippen molar-refractivity contribution in [1.82, 2.24) is 0 Å². The molecule has 1 aromatic carbocycles. The largest absolute Gasteiger partial charge is 0.502 e. The Morgan fingerprint density at radius 2 is 1.57 bits per heavy atom. The van der Waals surface area contributed by atoms with Crippen molar-refractivity contribution in [3.05, 3.63) is 17.4 Å². The Hall–Kier alpha value is -2.77. The van der Waals surface area contributed by atoms with Crippen LogP contribution in [0.3, 0.4) is 0 Å². The lowest BCUT2D eigenvalue weighted by Crippen LogP contribution is -2.07. The first kappa shape index (κ1) is 16.3. The summed E-state index contributed by atoms with van der Waals surface area (Å²) in [5.41, 5.74) is 0.0476. The molecule has 0 amide bonds. The van der Waals surface area contributed by atoms with Crippen molar-refractivity contribution in [3.63, 3.8) is 0 Å². The van der Waals surface area contributed by atoms with Crippen LogP contribution >= 0.6 is 0 Å². The van der Waals surface area contributed by atoms with Crippen LogP contribution in [0.2, 0.25) is 0 Å². The number of carboxylic acid groups (broad SMARTS) is 1. The number of benzene rings is 1. The molecule has 0 aromatic heterocycles. The highest BCUT2D eigenvalue weighted by Crippen LogP contribution is 2.48. The van der Waals surface area contributed by atoms with Gasteiger partial charge in [0.2, 0.25) is 17.3 Å². The number of aromatic hydroxyl groups is 1. The van der Waals surface area contributed by atoms with Crippen LogP contribution in [0, 0.1) is 0 Å². The van der Waals surface area contributed by atoms with Crippen LogP contribution in [-0.4, -0.2) is 49.7 Å². The van der Waals surface area contributed by atoms with Crippen molar-refractivity contribution < 1.29 is 39.1 Å². The van der Waals surface area contributed by atoms with Crippen LogP contribution in [0.25, 0.3) is 5.76 Å². The summed E-state index contributed by atoms with van der Waals surface area (Å²) in [5, 5.41) is 28.4. The van der Waals surface area contributed by atoms with Gasteiger partial charge in [-0.2, -0.15) is 0 Å². The standard InChI is InChI=1S/C13H16O8/c1-18-7-5-6(10(19-2)9(15)13(16)17)11(20-3)12(21-4)8(7)14/h5,14-15H,1-4H3,(H,16,17). The molecule has 0 bridgehead atoms. The second kappa shape index (κ2) is 6.60. The number of aliphatic hydroxyl groups excluding tert-OH is 1. The maximum absolute atomic E-state index is 10.9. The van der Waals surface area contributed by atoms with E-state index in [9.17, 15) is 15.0 Å². The van der Waals surface area contributed by atoms with E-state index in [0.717, 1.165) is 0 Å². The molecule has 0 radical (unpaired) electrons. The lowest BCUT2D eigenvalue weighted by atomic mass is 10.1. The average molecular weight is 300 g/mol. The molecule has 0 heterocycles. The van der Waals surface area contributed by atoms with Crippen molar-refractivity contribution in [2.45, 2.75) is 0 Å². The number of hydrogen-bond donors (Lipinski definition) is 3. The SMILES string of the molecule is COC(=C(O)C(=O)O)c1cc(OC)c(O)c(OC)c1OC. The summed E-state index contributed by atoms with van der Waals surface area (Å²) in [6.45, 7) is 0. The first-order chi connectivity index (χ1) is 9.92. The molecule has 0 fully saturated rings. The molecule has 0 saturated heterocycles. The van der Waals surface area contributed by atoms with Gasteiger partial charge < -0.3 is 34.3 Å². The number of ether oxygens (including phenoxy) is 4. The second-order valence-corrected chi connectivity index (χ2v) is 3.73. The fraction of sp³-hybridized carbons (Fsp3) is 0.308. The molecule has 8 nitrogen and oxygen atoms in total. The Balaban J connectivity index is 3.76. The summed E-state index contributed by atoms with van der Waals surface area (Å²) in [7, 11) is 5.06. The predicted octanol–water partition coefficient (Wildman–Crippen LogP) is 1.38. The molecule has 1 rings (SSSR count). The topological polar surface area (TPSA) is 115 Å². The van der Waals surface area contributed by atoms with Gasteiger partial charge in [0.25, 0.3) is 0 Å². The van der Waals surface area contributed by atoms with E-state index in [2.05, 4.69) is 0 Å². The molecule has 3 N–H and O–H groups in total. The normalized spacial score (nSPS) is 11.4. The maximum atomic E-state index is 10.9. The molecular formula is C13H16O8. The number of aliphatic carboxylic acids is 1. The zero-order chi connectivity index (χ0) is 16.2. The van der Waals surface area contributed by atoms with E-state index in [1.54, 1.807) is 0 Å². The first-order valence-corrected chi connectivity index (χ1v) is 5.65. The minimum absolute atomic E-state index is 0.00427. The van der Waals surface area contributed by atoms with Gasteiger partial charge in [-0.05, 0) is 6.07 Å². The van der Waals surface area contributed by atoms with Gasteiger partial charge in [-0.1, -0.05) is 0 Å². The Labute approximate surface area is 120 Å². The Kier molecular flexibility index (Phi) is 5.12. The highest BCUT2D eigenvalue weighted by Gasteiger charge is 2.26. The first-order valence-electron chi connectivity index (χ1n) is 5.65. The number of phenolic OH excluding ortho intramolecular Hbond substituents is 1. The van der Waals surface area contributed by atoms with E-state index >= 15 is 0 Å². The van der Waals surface area contributed by atoms with E-state index < -0.39 is 11.7 Å². The minimum atomic E-state index is -1.58. The number of methoxy groups -OCH3 is 4. The molecule has 0 aliphatic heterocycles. The number of carbonyl (C=O) groups is 1. The third-order valence-corrected chi connectivity index (χ3v) is 2.67. The quantitative estimate of drug-likeness (QED) is 0.533. The molecule has 0 saturated carbocycles. The minimum Gasteiger partial charge on any atom is -0.502 e. The zero-order valence-corrected chi connectivity index (χ0v) is 12.0. The number of hydrogen-bond acceptors (Lipinski definition) is 7. The van der Waals surface area contributed by atoms with E-state index in [0.29, 0.717) is 0 Å². The van der Waals surface area contributed by atoms with Crippen molar-refractivity contribution in [3.8, 4) is 23.0 Å². The summed E-state index contributed by atoms with van der Waals surface area (Å²) in [4.78, 5) is 10.9. The number of phenols is 1. The van der Waals surface area contributed by atoms with Gasteiger partial charge in [0, 0.05) is 0 Å². The van der Waals surface area contributed by atoms with E-state index in [1.807, 2.05) is 0 Å². The summed E-state index contributed by atoms with van der Waals surface area (Å²) < 4.78 is 20.0. The van der Waals surface area contributed by atoms with Gasteiger partial charge in [-0.25, -0.2) is 4.79 Å². The van der Waals surface area contributed by atoms with Crippen LogP contribution in [-0.2, 0) is 9.53 Å². The molecule has 21 heavy (non-hydrogen) atoms. The molecular weight excluding hydrogens is 284 g/mol. The van der Waals surface area contributed by atoms with Crippen LogP contribution in [0.15, 0.2) is 11.8 Å². The van der Waals surface area contributed by atoms with E-state index in [1.165, 1.54) is 34.5 Å². The Morgan fingerprint density at radius 3 is 1.95 bits per heavy atom. The summed E-state index contributed by atoms with van der Waals surface area (Å²) >= 11 is 0. The third-order valence-electron chi connectivity index (χ3n) is 2.67. The molecule has 1 aromatic rings. The monoisotopic (exact) mass is 300 g/mol. The fourth-order valence-corrected chi connectivity index (χ4v) is 1.75. The van der Waals surface area contributed by atoms with Gasteiger partial charge in [0.05, 0.1) is 34.0 Å².